The summed E-state index contributed by atoms with van der Waals surface area (Å²) < 4.78 is 50.9. The van der Waals surface area contributed by atoms with Gasteiger partial charge in [0.1, 0.15) is 17.3 Å². The average molecular weight is 499 g/mol. The fourth-order valence-electron chi connectivity index (χ4n) is 4.23. The highest BCUT2D eigenvalue weighted by molar-refractivity contribution is 5.90. The van der Waals surface area contributed by atoms with Gasteiger partial charge in [0, 0.05) is 31.1 Å². The second-order valence-corrected chi connectivity index (χ2v) is 7.95. The third-order valence-electron chi connectivity index (χ3n) is 5.87. The molecule has 6 heterocycles. The Morgan fingerprint density at radius 2 is 2.17 bits per heavy atom. The van der Waals surface area contributed by atoms with E-state index in [1.54, 1.807) is 42.3 Å². The van der Waals surface area contributed by atoms with Crippen molar-refractivity contribution in [2.45, 2.75) is 18.8 Å². The fraction of sp³-hybridized carbons (Fsp3) is 0.238. The molecule has 1 atom stereocenters. The maximum Gasteiger partial charge on any atom is 0.504 e. The first-order valence-electron chi connectivity index (χ1n) is 10.6. The lowest BCUT2D eigenvalue weighted by molar-refractivity contribution is -0.212. The molecule has 0 aromatic carbocycles. The molecule has 1 unspecified atom stereocenters. The minimum Gasteiger partial charge on any atom is -0.494 e. The maximum absolute atomic E-state index is 13.5. The van der Waals surface area contributed by atoms with Gasteiger partial charge in [0.15, 0.2) is 0 Å². The number of aromatic amines is 1. The van der Waals surface area contributed by atoms with Gasteiger partial charge < -0.3 is 19.0 Å². The summed E-state index contributed by atoms with van der Waals surface area (Å²) in [6, 6.07) is 4.71. The predicted molar refractivity (Wildman–Crippen MR) is 114 cm³/mol. The summed E-state index contributed by atoms with van der Waals surface area (Å²) in [5.41, 5.74) is 2.64. The van der Waals surface area contributed by atoms with E-state index in [4.69, 9.17) is 9.15 Å². The van der Waals surface area contributed by atoms with Crippen LogP contribution in [0, 0.1) is 0 Å². The van der Waals surface area contributed by atoms with E-state index < -0.39 is 18.2 Å². The third kappa shape index (κ3) is 3.47. The van der Waals surface area contributed by atoms with Crippen LogP contribution in [0.4, 0.5) is 13.2 Å². The Hall–Kier alpha value is -4.69. The molecule has 0 saturated carbocycles. The molecule has 1 amide bonds. The molecule has 0 radical (unpaired) electrons. The number of halogens is 3. The number of carbonyl (C=O) groups is 1. The van der Waals surface area contributed by atoms with Gasteiger partial charge in [-0.25, -0.2) is 9.50 Å². The fourth-order valence-corrected chi connectivity index (χ4v) is 4.23. The summed E-state index contributed by atoms with van der Waals surface area (Å²) in [6.45, 7) is 0.285. The van der Waals surface area contributed by atoms with Crippen LogP contribution in [-0.2, 0) is 12.7 Å². The van der Waals surface area contributed by atoms with Gasteiger partial charge in [-0.3, -0.25) is 4.79 Å². The number of aromatic nitrogens is 8. The Morgan fingerprint density at radius 1 is 1.31 bits per heavy atom. The Labute approximate surface area is 199 Å². The zero-order valence-corrected chi connectivity index (χ0v) is 18.5. The van der Waals surface area contributed by atoms with E-state index in [1.807, 2.05) is 0 Å². The normalized spacial score (nSPS) is 15.9. The van der Waals surface area contributed by atoms with Crippen molar-refractivity contribution >= 4 is 11.4 Å². The lowest BCUT2D eigenvalue weighted by Crippen LogP contribution is -2.41. The highest BCUT2D eigenvalue weighted by Gasteiger charge is 2.38. The summed E-state index contributed by atoms with van der Waals surface area (Å²) >= 11 is 0. The summed E-state index contributed by atoms with van der Waals surface area (Å²) in [4.78, 5) is 22.5. The number of methoxy groups -OCH3 is 1. The first-order valence-corrected chi connectivity index (χ1v) is 10.6. The van der Waals surface area contributed by atoms with Gasteiger partial charge in [-0.1, -0.05) is 0 Å². The van der Waals surface area contributed by atoms with Crippen LogP contribution in [0.3, 0.4) is 0 Å². The molecule has 5 aromatic heterocycles. The molecule has 1 aliphatic heterocycles. The summed E-state index contributed by atoms with van der Waals surface area (Å²) in [5, 5.41) is 15.4. The number of nitrogens with one attached hydrogen (secondary N) is 1. The van der Waals surface area contributed by atoms with Crippen molar-refractivity contribution in [3.8, 4) is 17.2 Å². The molecule has 0 bridgehead atoms. The van der Waals surface area contributed by atoms with Crippen molar-refractivity contribution in [3.63, 3.8) is 0 Å². The number of nitrogens with zero attached hydrogens (tertiary/aromatic N) is 8. The molecule has 0 fully saturated rings. The van der Waals surface area contributed by atoms with Gasteiger partial charge in [0.25, 0.3) is 5.89 Å². The molecule has 0 aliphatic carbocycles. The van der Waals surface area contributed by atoms with E-state index in [9.17, 15) is 18.0 Å². The van der Waals surface area contributed by atoms with Gasteiger partial charge in [-0.2, -0.15) is 14.9 Å². The number of rotatable bonds is 4. The van der Waals surface area contributed by atoms with Gasteiger partial charge in [0.05, 0.1) is 36.6 Å². The molecule has 0 spiro atoms. The SMILES string of the molecule is COc1cccn2nc(C3c4nc[nH]c4CCN3C(=O)c3nnc(-c4cnn(C(F)(F)F)c4)o3)cc12. The quantitative estimate of drug-likeness (QED) is 0.399. The van der Waals surface area contributed by atoms with Crippen molar-refractivity contribution in [2.24, 2.45) is 0 Å². The molecule has 15 heteroatoms. The van der Waals surface area contributed by atoms with Crippen molar-refractivity contribution in [1.82, 2.24) is 44.5 Å². The second kappa shape index (κ2) is 7.93. The molecule has 5 aromatic rings. The van der Waals surface area contributed by atoms with E-state index in [-0.39, 0.29) is 28.6 Å². The van der Waals surface area contributed by atoms with Gasteiger partial charge in [-0.15, -0.1) is 23.4 Å². The number of pyridine rings is 1. The standard InChI is InChI=1S/C21H16F3N9O3/c1-35-15-3-2-5-32-14(15)7-13(30-32)17-16-12(25-10-26-16)4-6-31(17)20(34)19-29-28-18(36-19)11-8-27-33(9-11)21(22,23)24/h2-3,5,7-10,17H,4,6H2,1H3,(H,25,26). The number of hydrogen-bond donors (Lipinski definition) is 1. The average Bonchev–Trinajstić information content (AvgIpc) is 3.66. The van der Waals surface area contributed by atoms with Gasteiger partial charge >= 0.3 is 18.1 Å². The minimum absolute atomic E-state index is 0.0731. The third-order valence-corrected chi connectivity index (χ3v) is 5.87. The Balaban J connectivity index is 1.37. The van der Waals surface area contributed by atoms with Crippen LogP contribution in [0.1, 0.15) is 33.8 Å². The van der Waals surface area contributed by atoms with Crippen molar-refractivity contribution < 1.29 is 27.1 Å². The van der Waals surface area contributed by atoms with Crippen molar-refractivity contribution in [1.29, 1.82) is 0 Å². The Bertz CT molecular complexity index is 1580. The van der Waals surface area contributed by atoms with Crippen LogP contribution < -0.4 is 4.74 Å². The molecule has 184 valence electrons. The summed E-state index contributed by atoms with van der Waals surface area (Å²) in [7, 11) is 1.55. The number of amides is 1. The number of hydrogen-bond acceptors (Lipinski definition) is 8. The second-order valence-electron chi connectivity index (χ2n) is 7.95. The molecule has 0 saturated heterocycles. The summed E-state index contributed by atoms with van der Waals surface area (Å²) in [5.74, 6) is -0.650. The maximum atomic E-state index is 13.5. The molecular weight excluding hydrogens is 483 g/mol. The largest absolute Gasteiger partial charge is 0.504 e. The van der Waals surface area contributed by atoms with E-state index in [0.717, 1.165) is 11.9 Å². The Morgan fingerprint density at radius 3 is 2.94 bits per heavy atom. The molecule has 1 N–H and O–H groups in total. The number of fused-ring (bicyclic) bond motifs is 2. The van der Waals surface area contributed by atoms with Crippen molar-refractivity contribution in [3.05, 3.63) is 66.1 Å². The topological polar surface area (TPSA) is 132 Å². The van der Waals surface area contributed by atoms with Crippen molar-refractivity contribution in [2.75, 3.05) is 13.7 Å². The van der Waals surface area contributed by atoms with E-state index in [0.29, 0.717) is 35.3 Å². The number of alkyl halides is 3. The van der Waals surface area contributed by atoms with Crippen LogP contribution in [0.2, 0.25) is 0 Å². The van der Waals surface area contributed by atoms with Crippen LogP contribution in [0.25, 0.3) is 17.0 Å². The van der Waals surface area contributed by atoms with Crippen LogP contribution in [0.15, 0.2) is 47.5 Å². The van der Waals surface area contributed by atoms with Gasteiger partial charge in [0.2, 0.25) is 0 Å². The minimum atomic E-state index is -4.70. The first-order chi connectivity index (χ1) is 17.3. The van der Waals surface area contributed by atoms with Crippen LogP contribution >= 0.6 is 0 Å². The molecule has 36 heavy (non-hydrogen) atoms. The molecule has 12 nitrogen and oxygen atoms in total. The highest BCUT2D eigenvalue weighted by atomic mass is 19.4. The monoisotopic (exact) mass is 499 g/mol. The zero-order valence-electron chi connectivity index (χ0n) is 18.5. The van der Waals surface area contributed by atoms with Crippen LogP contribution in [-0.4, -0.2) is 64.0 Å². The number of carbonyl (C=O) groups excluding carboxylic acids is 1. The van der Waals surface area contributed by atoms with E-state index >= 15 is 0 Å². The number of ether oxygens (including phenoxy) is 1. The first kappa shape index (κ1) is 21.8. The lowest BCUT2D eigenvalue weighted by atomic mass is 9.99. The van der Waals surface area contributed by atoms with Gasteiger partial charge in [-0.05, 0) is 18.2 Å². The smallest absolute Gasteiger partial charge is 0.494 e. The Kier molecular flexibility index (Phi) is 4.80. The molecule has 6 rings (SSSR count). The van der Waals surface area contributed by atoms with Crippen LogP contribution in [0.5, 0.6) is 5.75 Å². The molecule has 1 aliphatic rings. The van der Waals surface area contributed by atoms with E-state index in [2.05, 4.69) is 30.4 Å². The molecular formula is C21H16F3N9O3. The predicted octanol–water partition coefficient (Wildman–Crippen LogP) is 2.58. The number of imidazole rings is 1. The number of H-pyrrole nitrogens is 1. The summed E-state index contributed by atoms with van der Waals surface area (Å²) in [6.07, 6.45) is 0.729. The lowest BCUT2D eigenvalue weighted by Gasteiger charge is -2.32. The van der Waals surface area contributed by atoms with E-state index in [1.165, 1.54) is 4.90 Å². The highest BCUT2D eigenvalue weighted by Crippen LogP contribution is 2.35. The zero-order chi connectivity index (χ0) is 25.0.